The summed E-state index contributed by atoms with van der Waals surface area (Å²) in [6.45, 7) is 6.79. The fourth-order valence-corrected chi connectivity index (χ4v) is 3.97. The van der Waals surface area contributed by atoms with Gasteiger partial charge in [-0.05, 0) is 35.7 Å². The van der Waals surface area contributed by atoms with Crippen LogP contribution in [-0.4, -0.2) is 40.5 Å². The highest BCUT2D eigenvalue weighted by Crippen LogP contribution is 2.21. The Kier molecular flexibility index (Phi) is 5.39. The zero-order chi connectivity index (χ0) is 19.5. The van der Waals surface area contributed by atoms with Crippen LogP contribution in [0.4, 0.5) is 5.69 Å². The molecule has 0 atom stereocenters. The second kappa shape index (κ2) is 8.10. The van der Waals surface area contributed by atoms with Crippen LogP contribution in [0.15, 0.2) is 48.5 Å². The minimum absolute atomic E-state index is 0.0805. The molecule has 3 aromatic rings. The Morgan fingerprint density at radius 2 is 1.86 bits per heavy atom. The molecule has 146 valence electrons. The minimum Gasteiger partial charge on any atom is -0.327 e. The molecule has 2 heterocycles. The van der Waals surface area contributed by atoms with Gasteiger partial charge in [0.1, 0.15) is 5.52 Å². The third kappa shape index (κ3) is 4.07. The van der Waals surface area contributed by atoms with Crippen LogP contribution in [0.3, 0.4) is 0 Å². The van der Waals surface area contributed by atoms with E-state index in [0.717, 1.165) is 42.7 Å². The van der Waals surface area contributed by atoms with Crippen molar-refractivity contribution in [2.75, 3.05) is 25.0 Å². The number of fused-ring (bicyclic) bond motifs is 1. The first-order chi connectivity index (χ1) is 13.6. The maximum atomic E-state index is 12.4. The number of amides is 1. The van der Waals surface area contributed by atoms with Crippen molar-refractivity contribution in [3.63, 3.8) is 0 Å². The number of para-hydroxylation sites is 1. The van der Waals surface area contributed by atoms with Crippen LogP contribution in [0.1, 0.15) is 44.2 Å². The summed E-state index contributed by atoms with van der Waals surface area (Å²) in [5.74, 6) is 0.578. The van der Waals surface area contributed by atoms with E-state index >= 15 is 0 Å². The van der Waals surface area contributed by atoms with Crippen LogP contribution in [0.25, 0.3) is 11.0 Å². The maximum Gasteiger partial charge on any atom is 0.279 e. The van der Waals surface area contributed by atoms with Crippen LogP contribution in [0, 0.1) is 0 Å². The van der Waals surface area contributed by atoms with E-state index in [1.54, 1.807) is 0 Å². The number of rotatable bonds is 5. The van der Waals surface area contributed by atoms with Crippen LogP contribution < -0.4 is 10.2 Å². The van der Waals surface area contributed by atoms with Gasteiger partial charge < -0.3 is 10.2 Å². The molecule has 1 fully saturated rings. The van der Waals surface area contributed by atoms with Gasteiger partial charge >= 0.3 is 0 Å². The number of quaternary nitrogens is 1. The van der Waals surface area contributed by atoms with E-state index in [9.17, 15) is 4.79 Å². The predicted octanol–water partition coefficient (Wildman–Crippen LogP) is 2.41. The predicted molar refractivity (Wildman–Crippen MR) is 111 cm³/mol. The van der Waals surface area contributed by atoms with Crippen LogP contribution >= 0.6 is 0 Å². The molecular formula is C22H28N5O+. The van der Waals surface area contributed by atoms with Crippen molar-refractivity contribution in [1.29, 1.82) is 0 Å². The molecule has 2 N–H and O–H groups in total. The first-order valence-corrected chi connectivity index (χ1v) is 10.1. The largest absolute Gasteiger partial charge is 0.327 e. The summed E-state index contributed by atoms with van der Waals surface area (Å²) in [4.78, 5) is 13.8. The van der Waals surface area contributed by atoms with Crippen molar-refractivity contribution in [1.82, 2.24) is 15.0 Å². The van der Waals surface area contributed by atoms with Crippen molar-refractivity contribution < 1.29 is 9.69 Å². The summed E-state index contributed by atoms with van der Waals surface area (Å²) in [7, 11) is 0. The smallest absolute Gasteiger partial charge is 0.279 e. The molecule has 1 aliphatic heterocycles. The molecular weight excluding hydrogens is 350 g/mol. The van der Waals surface area contributed by atoms with Gasteiger partial charge in [0, 0.05) is 18.5 Å². The number of likely N-dealkylation sites (tertiary alicyclic amines) is 1. The number of hydrogen-bond donors (Lipinski definition) is 2. The average molecular weight is 379 g/mol. The molecule has 0 saturated carbocycles. The second-order valence-corrected chi connectivity index (χ2v) is 8.01. The van der Waals surface area contributed by atoms with Crippen molar-refractivity contribution >= 4 is 22.6 Å². The summed E-state index contributed by atoms with van der Waals surface area (Å²) < 4.78 is 2.06. The molecule has 0 bridgehead atoms. The number of benzene rings is 2. The topological polar surface area (TPSA) is 64.2 Å². The van der Waals surface area contributed by atoms with E-state index in [4.69, 9.17) is 0 Å². The van der Waals surface area contributed by atoms with Crippen molar-refractivity contribution in [3.8, 4) is 0 Å². The Morgan fingerprint density at radius 1 is 1.14 bits per heavy atom. The number of carbonyl (C=O) groups is 1. The molecule has 6 nitrogen and oxygen atoms in total. The second-order valence-electron chi connectivity index (χ2n) is 8.01. The highest BCUT2D eigenvalue weighted by Gasteiger charge is 2.26. The number of nitrogens with zero attached hydrogens (tertiary/aromatic N) is 3. The summed E-state index contributed by atoms with van der Waals surface area (Å²) >= 11 is 0. The normalized spacial score (nSPS) is 19.8. The van der Waals surface area contributed by atoms with Crippen LogP contribution in [0.2, 0.25) is 0 Å². The van der Waals surface area contributed by atoms with Gasteiger partial charge in [0.25, 0.3) is 5.91 Å². The summed E-state index contributed by atoms with van der Waals surface area (Å²) in [5, 5.41) is 11.7. The maximum absolute atomic E-state index is 12.4. The highest BCUT2D eigenvalue weighted by molar-refractivity contribution is 5.91. The van der Waals surface area contributed by atoms with Crippen LogP contribution in [-0.2, 0) is 4.79 Å². The molecule has 1 amide bonds. The third-order valence-corrected chi connectivity index (χ3v) is 5.66. The molecule has 0 radical (unpaired) electrons. The Balaban J connectivity index is 1.30. The first-order valence-electron chi connectivity index (χ1n) is 10.1. The highest BCUT2D eigenvalue weighted by atomic mass is 16.2. The molecule has 0 aliphatic carbocycles. The number of piperidine rings is 1. The minimum atomic E-state index is 0.0805. The van der Waals surface area contributed by atoms with E-state index in [0.29, 0.717) is 18.5 Å². The first kappa shape index (κ1) is 18.6. The van der Waals surface area contributed by atoms with Gasteiger partial charge in [0.05, 0.1) is 24.6 Å². The number of hydrogen-bond acceptors (Lipinski definition) is 3. The summed E-state index contributed by atoms with van der Waals surface area (Å²) in [6, 6.07) is 16.6. The fourth-order valence-electron chi connectivity index (χ4n) is 3.97. The number of nitrogens with one attached hydrogen (secondary N) is 2. The number of anilines is 1. The van der Waals surface area contributed by atoms with E-state index < -0.39 is 0 Å². The Hall–Kier alpha value is -2.73. The zero-order valence-electron chi connectivity index (χ0n) is 16.6. The molecule has 6 heteroatoms. The van der Waals surface area contributed by atoms with E-state index in [2.05, 4.69) is 52.4 Å². The lowest BCUT2D eigenvalue weighted by atomic mass is 10.0. The Bertz CT molecular complexity index is 939. The fraction of sp³-hybridized carbons (Fsp3) is 0.409. The van der Waals surface area contributed by atoms with Gasteiger partial charge in [-0.15, -0.1) is 5.10 Å². The van der Waals surface area contributed by atoms with Gasteiger partial charge in [-0.25, -0.2) is 4.68 Å². The number of aromatic nitrogens is 3. The molecule has 4 rings (SSSR count). The summed E-state index contributed by atoms with van der Waals surface area (Å²) in [5.41, 5.74) is 4.20. The van der Waals surface area contributed by atoms with Crippen molar-refractivity contribution in [2.24, 2.45) is 0 Å². The monoisotopic (exact) mass is 378 g/mol. The van der Waals surface area contributed by atoms with E-state index in [-0.39, 0.29) is 5.91 Å². The average Bonchev–Trinajstić information content (AvgIpc) is 3.13. The van der Waals surface area contributed by atoms with Crippen LogP contribution in [0.5, 0.6) is 0 Å². The molecule has 1 aliphatic rings. The van der Waals surface area contributed by atoms with Gasteiger partial charge in [0.15, 0.2) is 6.54 Å². The van der Waals surface area contributed by atoms with Gasteiger partial charge in [-0.3, -0.25) is 4.79 Å². The van der Waals surface area contributed by atoms with Crippen molar-refractivity contribution in [3.05, 3.63) is 54.1 Å². The lowest BCUT2D eigenvalue weighted by Gasteiger charge is -2.29. The Morgan fingerprint density at radius 3 is 2.57 bits per heavy atom. The molecule has 1 saturated heterocycles. The van der Waals surface area contributed by atoms with Gasteiger partial charge in [-0.1, -0.05) is 43.3 Å². The van der Waals surface area contributed by atoms with E-state index in [1.165, 1.54) is 10.5 Å². The lowest BCUT2D eigenvalue weighted by molar-refractivity contribution is -0.897. The number of carbonyl (C=O) groups excluding carboxylic acids is 1. The quantitative estimate of drug-likeness (QED) is 0.717. The lowest BCUT2D eigenvalue weighted by Crippen LogP contribution is -3.14. The zero-order valence-corrected chi connectivity index (χ0v) is 16.6. The van der Waals surface area contributed by atoms with Gasteiger partial charge in [-0.2, -0.15) is 0 Å². The molecule has 1 aromatic heterocycles. The van der Waals surface area contributed by atoms with Crippen molar-refractivity contribution in [2.45, 2.75) is 38.6 Å². The summed E-state index contributed by atoms with van der Waals surface area (Å²) in [6.07, 6.45) is 2.03. The molecule has 2 aromatic carbocycles. The van der Waals surface area contributed by atoms with E-state index in [1.807, 2.05) is 30.3 Å². The van der Waals surface area contributed by atoms with Gasteiger partial charge in [0.2, 0.25) is 0 Å². The molecule has 0 spiro atoms. The standard InChI is InChI=1S/C22H27N5O/c1-16(2)17-7-9-18(10-8-17)23-22(28)15-26-13-11-19(12-14-26)27-21-6-4-3-5-20(21)24-25-27/h3-10,16,19H,11-15H2,1-2H3,(H,23,28)/p+1. The SMILES string of the molecule is CC(C)c1ccc(NC(=O)C[NH+]2CCC(n3nnc4ccccc43)CC2)cc1. The molecule has 28 heavy (non-hydrogen) atoms. The molecule has 0 unspecified atom stereocenters. The Labute approximate surface area is 165 Å². The third-order valence-electron chi connectivity index (χ3n) is 5.66.